The van der Waals surface area contributed by atoms with Crippen molar-refractivity contribution >= 4 is 33.4 Å². The molecule has 2 heteroatoms. The first-order chi connectivity index (χ1) is 15.8. The predicted molar refractivity (Wildman–Crippen MR) is 137 cm³/mol. The van der Waals surface area contributed by atoms with Gasteiger partial charge >= 0.3 is 0 Å². The molecule has 0 unspecified atom stereocenters. The van der Waals surface area contributed by atoms with E-state index in [2.05, 4.69) is 114 Å². The fourth-order valence-electron chi connectivity index (χ4n) is 4.51. The van der Waals surface area contributed by atoms with Gasteiger partial charge in [0.25, 0.3) is 0 Å². The molecule has 0 saturated carbocycles. The van der Waals surface area contributed by atoms with Crippen LogP contribution in [0.1, 0.15) is 0 Å². The average molecular weight is 430 g/mol. The first kappa shape index (κ1) is 18.9. The zero-order valence-corrected chi connectivity index (χ0v) is 18.1. The molecule has 1 aromatic heterocycles. The van der Waals surface area contributed by atoms with E-state index in [1.54, 1.807) is 0 Å². The number of halogens is 1. The molecule has 0 spiro atoms. The van der Waals surface area contributed by atoms with E-state index in [1.807, 2.05) is 12.1 Å². The Labute approximate surface area is 192 Å². The van der Waals surface area contributed by atoms with E-state index in [0.29, 0.717) is 0 Å². The van der Waals surface area contributed by atoms with E-state index in [-0.39, 0.29) is 0 Å². The van der Waals surface area contributed by atoms with Crippen molar-refractivity contribution in [1.29, 1.82) is 0 Å². The molecule has 1 nitrogen and oxygen atoms in total. The number of hydrogen-bond donors (Lipinski definition) is 0. The lowest BCUT2D eigenvalue weighted by Crippen LogP contribution is -1.94. The van der Waals surface area contributed by atoms with Crippen LogP contribution in [0, 0.1) is 0 Å². The Bertz CT molecular complexity index is 1550. The molecule has 0 bridgehead atoms. The lowest BCUT2D eigenvalue weighted by Gasteiger charge is -2.10. The maximum Gasteiger partial charge on any atom is 0.0555 e. The highest BCUT2D eigenvalue weighted by Crippen LogP contribution is 2.36. The first-order valence-corrected chi connectivity index (χ1v) is 11.1. The summed E-state index contributed by atoms with van der Waals surface area (Å²) in [4.78, 5) is 0. The van der Waals surface area contributed by atoms with Crippen molar-refractivity contribution in [3.63, 3.8) is 0 Å². The number of benzene rings is 5. The van der Waals surface area contributed by atoms with Gasteiger partial charge in [-0.25, -0.2) is 0 Å². The van der Waals surface area contributed by atoms with E-state index in [9.17, 15) is 0 Å². The minimum Gasteiger partial charge on any atom is -0.309 e. The smallest absolute Gasteiger partial charge is 0.0555 e. The van der Waals surface area contributed by atoms with Gasteiger partial charge < -0.3 is 4.57 Å². The molecule has 6 rings (SSSR count). The SMILES string of the molecule is Clc1ccc2c3ccc(-c4ccccc4)cc3n(-c3ccc(-c4ccccc4)cc3)c2c1. The van der Waals surface area contributed by atoms with E-state index in [1.165, 1.54) is 38.5 Å². The summed E-state index contributed by atoms with van der Waals surface area (Å²) < 4.78 is 2.32. The van der Waals surface area contributed by atoms with Crippen molar-refractivity contribution < 1.29 is 0 Å². The maximum absolute atomic E-state index is 6.42. The summed E-state index contributed by atoms with van der Waals surface area (Å²) in [6.07, 6.45) is 0. The maximum atomic E-state index is 6.42. The standard InChI is InChI=1S/C30H20ClN/c31-25-14-18-28-27-17-13-24(22-9-5-2-6-10-22)19-29(27)32(30(28)20-25)26-15-11-23(12-16-26)21-7-3-1-4-8-21/h1-20H. The van der Waals surface area contributed by atoms with Crippen molar-refractivity contribution in [1.82, 2.24) is 4.57 Å². The van der Waals surface area contributed by atoms with Gasteiger partial charge in [-0.2, -0.15) is 0 Å². The first-order valence-electron chi connectivity index (χ1n) is 10.7. The van der Waals surface area contributed by atoms with Crippen LogP contribution >= 0.6 is 11.6 Å². The number of hydrogen-bond acceptors (Lipinski definition) is 0. The molecule has 152 valence electrons. The van der Waals surface area contributed by atoms with E-state index >= 15 is 0 Å². The van der Waals surface area contributed by atoms with E-state index in [0.717, 1.165) is 16.2 Å². The van der Waals surface area contributed by atoms with Crippen LogP contribution in [-0.2, 0) is 0 Å². The van der Waals surface area contributed by atoms with Gasteiger partial charge in [-0.3, -0.25) is 0 Å². The van der Waals surface area contributed by atoms with Crippen LogP contribution in [-0.4, -0.2) is 4.57 Å². The molecule has 0 aliphatic rings. The minimum absolute atomic E-state index is 0.741. The summed E-state index contributed by atoms with van der Waals surface area (Å²) in [5.74, 6) is 0. The number of nitrogens with zero attached hydrogens (tertiary/aromatic N) is 1. The fraction of sp³-hybridized carbons (Fsp3) is 0. The molecule has 5 aromatic carbocycles. The van der Waals surface area contributed by atoms with Gasteiger partial charge in [-0.15, -0.1) is 0 Å². The van der Waals surface area contributed by atoms with Crippen molar-refractivity contribution in [2.75, 3.05) is 0 Å². The van der Waals surface area contributed by atoms with E-state index in [4.69, 9.17) is 11.6 Å². The van der Waals surface area contributed by atoms with Gasteiger partial charge in [0.05, 0.1) is 11.0 Å². The topological polar surface area (TPSA) is 4.93 Å². The summed E-state index contributed by atoms with van der Waals surface area (Å²) in [5, 5.41) is 3.17. The summed E-state index contributed by atoms with van der Waals surface area (Å²) in [6.45, 7) is 0. The third-order valence-corrected chi connectivity index (χ3v) is 6.30. The molecule has 0 aliphatic carbocycles. The summed E-state index contributed by atoms with van der Waals surface area (Å²) in [7, 11) is 0. The van der Waals surface area contributed by atoms with Gasteiger partial charge in [-0.05, 0) is 52.6 Å². The quantitative estimate of drug-likeness (QED) is 0.265. The Balaban J connectivity index is 1.59. The Kier molecular flexibility index (Phi) is 4.56. The van der Waals surface area contributed by atoms with Crippen LogP contribution in [0.5, 0.6) is 0 Å². The highest BCUT2D eigenvalue weighted by atomic mass is 35.5. The van der Waals surface area contributed by atoms with Crippen molar-refractivity contribution in [3.8, 4) is 27.9 Å². The molecule has 6 aromatic rings. The normalized spacial score (nSPS) is 11.3. The van der Waals surface area contributed by atoms with Crippen molar-refractivity contribution in [2.45, 2.75) is 0 Å². The molecule has 0 atom stereocenters. The van der Waals surface area contributed by atoms with Gasteiger partial charge in [-0.1, -0.05) is 103 Å². The van der Waals surface area contributed by atoms with Crippen molar-refractivity contribution in [2.24, 2.45) is 0 Å². The minimum atomic E-state index is 0.741. The molecule has 0 aliphatic heterocycles. The largest absolute Gasteiger partial charge is 0.309 e. The molecular formula is C30H20ClN. The second kappa shape index (κ2) is 7.71. The number of rotatable bonds is 3. The monoisotopic (exact) mass is 429 g/mol. The molecular weight excluding hydrogens is 410 g/mol. The van der Waals surface area contributed by atoms with Gasteiger partial charge in [0, 0.05) is 21.5 Å². The van der Waals surface area contributed by atoms with Crippen LogP contribution in [0.3, 0.4) is 0 Å². The lowest BCUT2D eigenvalue weighted by atomic mass is 10.0. The van der Waals surface area contributed by atoms with Crippen molar-refractivity contribution in [3.05, 3.63) is 126 Å². The second-order valence-corrected chi connectivity index (χ2v) is 8.44. The Morgan fingerprint density at radius 3 is 1.59 bits per heavy atom. The summed E-state index contributed by atoms with van der Waals surface area (Å²) in [6, 6.07) is 42.6. The molecule has 0 radical (unpaired) electrons. The summed E-state index contributed by atoms with van der Waals surface area (Å²) in [5.41, 5.74) is 8.25. The Morgan fingerprint density at radius 2 is 0.938 bits per heavy atom. The number of fused-ring (bicyclic) bond motifs is 3. The van der Waals surface area contributed by atoms with Crippen LogP contribution < -0.4 is 0 Å². The lowest BCUT2D eigenvalue weighted by molar-refractivity contribution is 1.18. The Hall–Kier alpha value is -3.81. The third-order valence-electron chi connectivity index (χ3n) is 6.07. The highest BCUT2D eigenvalue weighted by Gasteiger charge is 2.14. The molecule has 0 N–H and O–H groups in total. The van der Waals surface area contributed by atoms with Crippen LogP contribution in [0.2, 0.25) is 5.02 Å². The molecule has 32 heavy (non-hydrogen) atoms. The third kappa shape index (κ3) is 3.19. The molecule has 0 fully saturated rings. The molecule has 1 heterocycles. The van der Waals surface area contributed by atoms with Gasteiger partial charge in [0.15, 0.2) is 0 Å². The van der Waals surface area contributed by atoms with Gasteiger partial charge in [0.2, 0.25) is 0 Å². The average Bonchev–Trinajstić information content (AvgIpc) is 3.18. The summed E-state index contributed by atoms with van der Waals surface area (Å²) >= 11 is 6.42. The predicted octanol–water partition coefficient (Wildman–Crippen LogP) is 8.77. The van der Waals surface area contributed by atoms with Crippen LogP contribution in [0.25, 0.3) is 49.7 Å². The Morgan fingerprint density at radius 1 is 0.438 bits per heavy atom. The van der Waals surface area contributed by atoms with Gasteiger partial charge in [0.1, 0.15) is 0 Å². The molecule has 0 amide bonds. The van der Waals surface area contributed by atoms with Crippen LogP contribution in [0.15, 0.2) is 121 Å². The zero-order chi connectivity index (χ0) is 21.5. The fourth-order valence-corrected chi connectivity index (χ4v) is 4.68. The molecule has 0 saturated heterocycles. The highest BCUT2D eigenvalue weighted by molar-refractivity contribution is 6.31. The van der Waals surface area contributed by atoms with E-state index < -0.39 is 0 Å². The zero-order valence-electron chi connectivity index (χ0n) is 17.4. The number of aromatic nitrogens is 1. The van der Waals surface area contributed by atoms with Crippen LogP contribution in [0.4, 0.5) is 0 Å². The second-order valence-electron chi connectivity index (χ2n) is 8.01.